The molecule has 0 bridgehead atoms. The molecule has 0 unspecified atom stereocenters. The Balaban J connectivity index is 0.00000128. The van der Waals surface area contributed by atoms with E-state index in [-0.39, 0.29) is 12.4 Å². The van der Waals surface area contributed by atoms with E-state index in [1.807, 2.05) is 42.5 Å². The summed E-state index contributed by atoms with van der Waals surface area (Å²) in [6.45, 7) is 0. The van der Waals surface area contributed by atoms with Crippen molar-refractivity contribution in [3.8, 4) is 0 Å². The second-order valence-electron chi connectivity index (χ2n) is 3.14. The first-order chi connectivity index (χ1) is 7.38. The van der Waals surface area contributed by atoms with Crippen LogP contribution in [0, 0.1) is 5.39 Å². The molecule has 0 aromatic heterocycles. The minimum atomic E-state index is 0. The van der Waals surface area contributed by atoms with Gasteiger partial charge in [0.25, 0.3) is 0 Å². The first kappa shape index (κ1) is 12.0. The largest absolute Gasteiger partial charge is 1.00 e. The van der Waals surface area contributed by atoms with Crippen LogP contribution in [0.4, 0.5) is 17.1 Å². The molecule has 2 aromatic carbocycles. The summed E-state index contributed by atoms with van der Waals surface area (Å²) in [7, 11) is 0. The number of para-hydroxylation sites is 1. The van der Waals surface area contributed by atoms with Gasteiger partial charge in [0.2, 0.25) is 5.39 Å². The van der Waals surface area contributed by atoms with Crippen molar-refractivity contribution < 1.29 is 12.4 Å². The normalized spacial score (nSPS) is 8.69. The van der Waals surface area contributed by atoms with Crippen LogP contribution in [-0.4, -0.2) is 0 Å². The summed E-state index contributed by atoms with van der Waals surface area (Å²) in [6, 6.07) is 17.1. The first-order valence-corrected chi connectivity index (χ1v) is 4.66. The molecule has 0 saturated carbocycles. The molecule has 0 amide bonds. The molecule has 0 atom stereocenters. The Labute approximate surface area is 100 Å². The molecule has 0 radical (unpaired) electrons. The number of diazo groups is 1. The van der Waals surface area contributed by atoms with Crippen molar-refractivity contribution in [1.82, 2.24) is 0 Å². The highest BCUT2D eigenvalue weighted by Gasteiger charge is 2.02. The van der Waals surface area contributed by atoms with E-state index < -0.39 is 0 Å². The third-order valence-electron chi connectivity index (χ3n) is 2.05. The zero-order valence-electron chi connectivity index (χ0n) is 8.47. The highest BCUT2D eigenvalue weighted by molar-refractivity contribution is 5.62. The zero-order valence-corrected chi connectivity index (χ0v) is 9.22. The molecule has 0 saturated heterocycles. The van der Waals surface area contributed by atoms with Crippen LogP contribution in [0.3, 0.4) is 0 Å². The molecule has 0 heterocycles. The maximum atomic E-state index is 8.52. The standard InChI is InChI=1S/C12H10N3.ClH/c13-15-12-8-6-11(7-9-12)14-10-4-2-1-3-5-10;/h1-9,14H;1H/q+1;/p-1. The number of halogens is 1. The SMILES string of the molecule is N#[N+]c1ccc(Nc2ccccc2)cc1.[Cl-]. The molecule has 2 rings (SSSR count). The Hall–Kier alpha value is -2.05. The number of benzene rings is 2. The van der Waals surface area contributed by atoms with Gasteiger partial charge in [-0.2, -0.15) is 0 Å². The van der Waals surface area contributed by atoms with E-state index >= 15 is 0 Å². The van der Waals surface area contributed by atoms with Gasteiger partial charge in [0.15, 0.2) is 4.98 Å². The van der Waals surface area contributed by atoms with E-state index in [9.17, 15) is 0 Å². The van der Waals surface area contributed by atoms with Gasteiger partial charge in [-0.05, 0) is 24.3 Å². The maximum Gasteiger partial charge on any atom is 0.385 e. The third kappa shape index (κ3) is 2.97. The maximum absolute atomic E-state index is 8.52. The number of nitrogens with zero attached hydrogens (tertiary/aromatic N) is 2. The van der Waals surface area contributed by atoms with Crippen molar-refractivity contribution in [2.45, 2.75) is 0 Å². The fraction of sp³-hybridized carbons (Fsp3) is 0. The molecule has 2 aromatic rings. The summed E-state index contributed by atoms with van der Waals surface area (Å²) >= 11 is 0. The van der Waals surface area contributed by atoms with Crippen LogP contribution in [0.5, 0.6) is 0 Å². The molecule has 1 N–H and O–H groups in total. The van der Waals surface area contributed by atoms with Crippen molar-refractivity contribution in [3.63, 3.8) is 0 Å². The number of anilines is 2. The fourth-order valence-corrected chi connectivity index (χ4v) is 1.30. The molecule has 0 aliphatic heterocycles. The second kappa shape index (κ2) is 5.74. The van der Waals surface area contributed by atoms with Crippen molar-refractivity contribution in [3.05, 3.63) is 59.6 Å². The Morgan fingerprint density at radius 1 is 0.812 bits per heavy atom. The first-order valence-electron chi connectivity index (χ1n) is 4.66. The van der Waals surface area contributed by atoms with E-state index in [0.29, 0.717) is 5.69 Å². The topological polar surface area (TPSA) is 40.2 Å². The molecule has 0 aliphatic carbocycles. The lowest BCUT2D eigenvalue weighted by Gasteiger charge is -2.04. The molecular weight excluding hydrogens is 222 g/mol. The predicted octanol–water partition coefficient (Wildman–Crippen LogP) is 0.919. The van der Waals surface area contributed by atoms with Gasteiger partial charge in [-0.3, -0.25) is 0 Å². The van der Waals surface area contributed by atoms with Gasteiger partial charge in [-0.15, -0.1) is 0 Å². The average molecular weight is 232 g/mol. The van der Waals surface area contributed by atoms with Crippen LogP contribution in [0.25, 0.3) is 4.98 Å². The number of nitrogens with one attached hydrogen (secondary N) is 1. The van der Waals surface area contributed by atoms with Crippen LogP contribution in [-0.2, 0) is 0 Å². The zero-order chi connectivity index (χ0) is 10.5. The molecule has 0 spiro atoms. The van der Waals surface area contributed by atoms with Crippen LogP contribution in [0.1, 0.15) is 0 Å². The summed E-state index contributed by atoms with van der Waals surface area (Å²) in [4.78, 5) is 3.09. The summed E-state index contributed by atoms with van der Waals surface area (Å²) in [5.74, 6) is 0. The van der Waals surface area contributed by atoms with E-state index in [1.54, 1.807) is 12.1 Å². The monoisotopic (exact) mass is 231 g/mol. The fourth-order valence-electron chi connectivity index (χ4n) is 1.30. The van der Waals surface area contributed by atoms with Crippen LogP contribution >= 0.6 is 0 Å². The molecule has 0 fully saturated rings. The van der Waals surface area contributed by atoms with Gasteiger partial charge < -0.3 is 17.7 Å². The Morgan fingerprint density at radius 2 is 1.38 bits per heavy atom. The molecule has 4 heteroatoms. The van der Waals surface area contributed by atoms with Crippen molar-refractivity contribution >= 4 is 17.1 Å². The average Bonchev–Trinajstić information content (AvgIpc) is 2.31. The third-order valence-corrected chi connectivity index (χ3v) is 2.05. The lowest BCUT2D eigenvalue weighted by atomic mass is 10.2. The summed E-state index contributed by atoms with van der Waals surface area (Å²) in [6.07, 6.45) is 0. The number of hydrogen-bond acceptors (Lipinski definition) is 2. The van der Waals surface area contributed by atoms with Gasteiger partial charge in [0.1, 0.15) is 0 Å². The molecule has 3 nitrogen and oxygen atoms in total. The van der Waals surface area contributed by atoms with E-state index in [2.05, 4.69) is 10.3 Å². The second-order valence-corrected chi connectivity index (χ2v) is 3.14. The summed E-state index contributed by atoms with van der Waals surface area (Å²) in [5, 5.41) is 11.8. The molecule has 80 valence electrons. The van der Waals surface area contributed by atoms with Crippen molar-refractivity contribution in [2.24, 2.45) is 0 Å². The molecule has 0 aliphatic rings. The Morgan fingerprint density at radius 3 is 1.94 bits per heavy atom. The number of hydrogen-bond donors (Lipinski definition) is 1. The predicted molar refractivity (Wildman–Crippen MR) is 60.9 cm³/mol. The van der Waals surface area contributed by atoms with Crippen molar-refractivity contribution in [2.75, 3.05) is 5.32 Å². The number of rotatable bonds is 2. The van der Waals surface area contributed by atoms with E-state index in [1.165, 1.54) is 0 Å². The Kier molecular flexibility index (Phi) is 4.31. The quantitative estimate of drug-likeness (QED) is 0.781. The van der Waals surface area contributed by atoms with Crippen molar-refractivity contribution in [1.29, 1.82) is 5.39 Å². The highest BCUT2D eigenvalue weighted by atomic mass is 35.5. The van der Waals surface area contributed by atoms with Crippen LogP contribution in [0.2, 0.25) is 0 Å². The van der Waals surface area contributed by atoms with Crippen LogP contribution in [0.15, 0.2) is 54.6 Å². The lowest BCUT2D eigenvalue weighted by molar-refractivity contribution is -0.00000318. The minimum Gasteiger partial charge on any atom is -1.00 e. The molecule has 16 heavy (non-hydrogen) atoms. The van der Waals surface area contributed by atoms with Gasteiger partial charge >= 0.3 is 5.69 Å². The highest BCUT2D eigenvalue weighted by Crippen LogP contribution is 2.19. The van der Waals surface area contributed by atoms with E-state index in [0.717, 1.165) is 11.4 Å². The van der Waals surface area contributed by atoms with Crippen LogP contribution < -0.4 is 17.7 Å². The minimum absolute atomic E-state index is 0. The van der Waals surface area contributed by atoms with Gasteiger partial charge in [-0.25, -0.2) is 0 Å². The Bertz CT molecular complexity index is 474. The van der Waals surface area contributed by atoms with Gasteiger partial charge in [-0.1, -0.05) is 18.2 Å². The van der Waals surface area contributed by atoms with E-state index in [4.69, 9.17) is 5.39 Å². The summed E-state index contributed by atoms with van der Waals surface area (Å²) in [5.41, 5.74) is 2.55. The smallest absolute Gasteiger partial charge is 0.385 e. The van der Waals surface area contributed by atoms with Gasteiger partial charge in [0.05, 0.1) is 0 Å². The summed E-state index contributed by atoms with van der Waals surface area (Å²) < 4.78 is 0. The van der Waals surface area contributed by atoms with Gasteiger partial charge in [0, 0.05) is 23.5 Å². The lowest BCUT2D eigenvalue weighted by Crippen LogP contribution is -3.00. The molecular formula is C12H10ClN3.